The third-order valence-corrected chi connectivity index (χ3v) is 5.92. The summed E-state index contributed by atoms with van der Waals surface area (Å²) in [6, 6.07) is 14.6. The SMILES string of the molecule is Cc1ccc(CC(=O)N(Cc2cccnc2)c2nc3c(F)cccc3s2)cc1C. The van der Waals surface area contributed by atoms with Gasteiger partial charge in [-0.15, -0.1) is 0 Å². The second-order valence-electron chi connectivity index (χ2n) is 7.02. The fraction of sp³-hybridized carbons (Fsp3) is 0.174. The van der Waals surface area contributed by atoms with Gasteiger partial charge in [-0.25, -0.2) is 9.37 Å². The first kappa shape index (κ1) is 19.2. The van der Waals surface area contributed by atoms with Gasteiger partial charge in [0, 0.05) is 12.4 Å². The zero-order valence-corrected chi connectivity index (χ0v) is 17.0. The van der Waals surface area contributed by atoms with Gasteiger partial charge in [-0.05, 0) is 54.3 Å². The van der Waals surface area contributed by atoms with E-state index in [0.29, 0.717) is 17.2 Å². The predicted octanol–water partition coefficient (Wildman–Crippen LogP) is 5.22. The molecule has 4 nitrogen and oxygen atoms in total. The highest BCUT2D eigenvalue weighted by Crippen LogP contribution is 2.31. The summed E-state index contributed by atoms with van der Waals surface area (Å²) in [5, 5.41) is 0.489. The maximum absolute atomic E-state index is 14.2. The average molecular weight is 405 g/mol. The van der Waals surface area contributed by atoms with Crippen molar-refractivity contribution in [2.24, 2.45) is 0 Å². The Morgan fingerprint density at radius 3 is 2.66 bits per heavy atom. The van der Waals surface area contributed by atoms with Gasteiger partial charge < -0.3 is 0 Å². The standard InChI is InChI=1S/C23H20FN3OS/c1-15-8-9-17(11-16(15)2)12-21(28)27(14-18-5-4-10-25-13-18)23-26-22-19(24)6-3-7-20(22)29-23/h3-11,13H,12,14H2,1-2H3. The van der Waals surface area contributed by atoms with Crippen molar-refractivity contribution in [3.63, 3.8) is 0 Å². The molecule has 0 saturated carbocycles. The van der Waals surface area contributed by atoms with E-state index in [0.717, 1.165) is 21.4 Å². The van der Waals surface area contributed by atoms with Gasteiger partial charge in [-0.2, -0.15) is 0 Å². The van der Waals surface area contributed by atoms with E-state index in [4.69, 9.17) is 0 Å². The molecule has 0 bridgehead atoms. The van der Waals surface area contributed by atoms with Gasteiger partial charge in [0.2, 0.25) is 5.91 Å². The number of halogens is 1. The molecule has 0 aliphatic rings. The monoisotopic (exact) mass is 405 g/mol. The topological polar surface area (TPSA) is 46.1 Å². The summed E-state index contributed by atoms with van der Waals surface area (Å²) in [5.74, 6) is -0.468. The van der Waals surface area contributed by atoms with E-state index in [2.05, 4.69) is 9.97 Å². The molecule has 0 saturated heterocycles. The third-order valence-electron chi connectivity index (χ3n) is 4.88. The fourth-order valence-corrected chi connectivity index (χ4v) is 4.14. The Balaban J connectivity index is 1.69. The second kappa shape index (κ2) is 8.09. The van der Waals surface area contributed by atoms with Crippen LogP contribution in [0.1, 0.15) is 22.3 Å². The van der Waals surface area contributed by atoms with Crippen LogP contribution in [0.25, 0.3) is 10.2 Å². The molecule has 29 heavy (non-hydrogen) atoms. The van der Waals surface area contributed by atoms with Gasteiger partial charge in [-0.3, -0.25) is 14.7 Å². The van der Waals surface area contributed by atoms with E-state index in [1.165, 1.54) is 23.0 Å². The molecule has 0 fully saturated rings. The summed E-state index contributed by atoms with van der Waals surface area (Å²) in [5.41, 5.74) is 4.47. The van der Waals surface area contributed by atoms with Crippen molar-refractivity contribution in [3.8, 4) is 0 Å². The number of pyridine rings is 1. The molecule has 0 N–H and O–H groups in total. The Morgan fingerprint density at radius 2 is 1.93 bits per heavy atom. The third kappa shape index (κ3) is 4.17. The lowest BCUT2D eigenvalue weighted by Crippen LogP contribution is -2.31. The Kier molecular flexibility index (Phi) is 5.36. The lowest BCUT2D eigenvalue weighted by atomic mass is 10.0. The number of hydrogen-bond donors (Lipinski definition) is 0. The predicted molar refractivity (Wildman–Crippen MR) is 115 cm³/mol. The lowest BCUT2D eigenvalue weighted by Gasteiger charge is -2.20. The van der Waals surface area contributed by atoms with Crippen LogP contribution in [0.15, 0.2) is 60.9 Å². The number of amides is 1. The summed E-state index contributed by atoms with van der Waals surface area (Å²) in [7, 11) is 0. The van der Waals surface area contributed by atoms with Crippen molar-refractivity contribution in [1.82, 2.24) is 9.97 Å². The van der Waals surface area contributed by atoms with E-state index >= 15 is 0 Å². The first-order chi connectivity index (χ1) is 14.0. The van der Waals surface area contributed by atoms with Crippen molar-refractivity contribution in [2.75, 3.05) is 4.90 Å². The van der Waals surface area contributed by atoms with Crippen LogP contribution in [-0.2, 0) is 17.8 Å². The maximum atomic E-state index is 14.2. The summed E-state index contributed by atoms with van der Waals surface area (Å²) in [6.45, 7) is 4.41. The highest BCUT2D eigenvalue weighted by Gasteiger charge is 2.21. The first-order valence-electron chi connectivity index (χ1n) is 9.32. The zero-order chi connectivity index (χ0) is 20.4. The highest BCUT2D eigenvalue weighted by atomic mass is 32.1. The minimum atomic E-state index is -0.382. The number of nitrogens with zero attached hydrogens (tertiary/aromatic N) is 3. The number of aromatic nitrogens is 2. The Labute approximate surface area is 172 Å². The first-order valence-corrected chi connectivity index (χ1v) is 10.1. The molecule has 4 rings (SSSR count). The van der Waals surface area contributed by atoms with E-state index < -0.39 is 0 Å². The van der Waals surface area contributed by atoms with Crippen molar-refractivity contribution >= 4 is 32.6 Å². The normalized spacial score (nSPS) is 11.0. The summed E-state index contributed by atoms with van der Waals surface area (Å²) < 4.78 is 14.9. The summed E-state index contributed by atoms with van der Waals surface area (Å²) in [4.78, 5) is 23.4. The Bertz CT molecular complexity index is 1170. The van der Waals surface area contributed by atoms with Crippen molar-refractivity contribution in [1.29, 1.82) is 0 Å². The summed E-state index contributed by atoms with van der Waals surface area (Å²) >= 11 is 1.32. The molecule has 0 aliphatic heterocycles. The molecule has 0 radical (unpaired) electrons. The van der Waals surface area contributed by atoms with Gasteiger partial charge in [-0.1, -0.05) is 41.7 Å². The molecule has 0 spiro atoms. The van der Waals surface area contributed by atoms with Crippen LogP contribution in [0.2, 0.25) is 0 Å². The lowest BCUT2D eigenvalue weighted by molar-refractivity contribution is -0.118. The number of carbonyl (C=O) groups excluding carboxylic acids is 1. The van der Waals surface area contributed by atoms with Gasteiger partial charge in [0.1, 0.15) is 11.3 Å². The van der Waals surface area contributed by atoms with Crippen molar-refractivity contribution in [2.45, 2.75) is 26.8 Å². The van der Waals surface area contributed by atoms with Gasteiger partial charge in [0.25, 0.3) is 0 Å². The molecular formula is C23H20FN3OS. The van der Waals surface area contributed by atoms with Crippen molar-refractivity contribution < 1.29 is 9.18 Å². The molecule has 0 atom stereocenters. The van der Waals surface area contributed by atoms with Gasteiger partial charge in [0.15, 0.2) is 5.13 Å². The smallest absolute Gasteiger partial charge is 0.233 e. The number of benzene rings is 2. The summed E-state index contributed by atoms with van der Waals surface area (Å²) in [6.07, 6.45) is 3.67. The van der Waals surface area contributed by atoms with Gasteiger partial charge >= 0.3 is 0 Å². The van der Waals surface area contributed by atoms with Crippen LogP contribution in [0.3, 0.4) is 0 Å². The van der Waals surface area contributed by atoms with Crippen LogP contribution in [-0.4, -0.2) is 15.9 Å². The molecule has 2 heterocycles. The fourth-order valence-electron chi connectivity index (χ4n) is 3.14. The molecule has 6 heteroatoms. The van der Waals surface area contributed by atoms with Crippen LogP contribution in [0, 0.1) is 19.7 Å². The molecule has 0 unspecified atom stereocenters. The van der Waals surface area contributed by atoms with Crippen LogP contribution in [0.4, 0.5) is 9.52 Å². The number of para-hydroxylation sites is 1. The molecular weight excluding hydrogens is 385 g/mol. The zero-order valence-electron chi connectivity index (χ0n) is 16.2. The molecule has 146 valence electrons. The molecule has 4 aromatic rings. The molecule has 2 aromatic carbocycles. The number of fused-ring (bicyclic) bond motifs is 1. The largest absolute Gasteiger partial charge is 0.283 e. The number of rotatable bonds is 5. The Morgan fingerprint density at radius 1 is 1.07 bits per heavy atom. The molecule has 0 aliphatic carbocycles. The number of anilines is 1. The number of aryl methyl sites for hydroxylation is 2. The Hall–Kier alpha value is -3.12. The second-order valence-corrected chi connectivity index (χ2v) is 8.03. The van der Waals surface area contributed by atoms with E-state index in [-0.39, 0.29) is 18.1 Å². The van der Waals surface area contributed by atoms with Crippen LogP contribution in [0.5, 0.6) is 0 Å². The van der Waals surface area contributed by atoms with Crippen LogP contribution < -0.4 is 4.90 Å². The van der Waals surface area contributed by atoms with E-state index in [1.54, 1.807) is 23.4 Å². The quantitative estimate of drug-likeness (QED) is 0.457. The number of hydrogen-bond acceptors (Lipinski definition) is 4. The minimum Gasteiger partial charge on any atom is -0.283 e. The number of carbonyl (C=O) groups is 1. The minimum absolute atomic E-state index is 0.0865. The highest BCUT2D eigenvalue weighted by molar-refractivity contribution is 7.22. The van der Waals surface area contributed by atoms with Gasteiger partial charge in [0.05, 0.1) is 17.7 Å². The maximum Gasteiger partial charge on any atom is 0.233 e. The molecule has 1 amide bonds. The average Bonchev–Trinajstić information content (AvgIpc) is 3.15. The number of thiazole rings is 1. The van der Waals surface area contributed by atoms with Crippen molar-refractivity contribution in [3.05, 3.63) is 89.0 Å². The van der Waals surface area contributed by atoms with E-state index in [1.807, 2.05) is 50.2 Å². The van der Waals surface area contributed by atoms with Crippen LogP contribution >= 0.6 is 11.3 Å². The van der Waals surface area contributed by atoms with E-state index in [9.17, 15) is 9.18 Å². The molecule has 2 aromatic heterocycles.